The van der Waals surface area contributed by atoms with Crippen molar-refractivity contribution in [3.8, 4) is 11.3 Å². The van der Waals surface area contributed by atoms with E-state index >= 15 is 0 Å². The van der Waals surface area contributed by atoms with Gasteiger partial charge in [0.15, 0.2) is 17.2 Å². The molecule has 2 heterocycles. The number of anilines is 1. The molecule has 0 saturated heterocycles. The fourth-order valence-corrected chi connectivity index (χ4v) is 3.78. The van der Waals surface area contributed by atoms with Gasteiger partial charge in [0.2, 0.25) is 0 Å². The van der Waals surface area contributed by atoms with Gasteiger partial charge in [-0.15, -0.1) is 0 Å². The third-order valence-corrected chi connectivity index (χ3v) is 5.85. The molecule has 5 nitrogen and oxygen atoms in total. The molecule has 2 aromatic heterocycles. The first-order valence-corrected chi connectivity index (χ1v) is 11.0. The Balaban J connectivity index is 1.25. The molecule has 0 bridgehead atoms. The predicted octanol–water partition coefficient (Wildman–Crippen LogP) is 7.20. The highest BCUT2D eigenvalue weighted by Gasteiger charge is 2.14. The Labute approximate surface area is 196 Å². The number of aromatic nitrogens is 1. The van der Waals surface area contributed by atoms with Crippen LogP contribution in [0, 0.1) is 13.8 Å². The Kier molecular flexibility index (Phi) is 5.48. The molecule has 1 amide bonds. The van der Waals surface area contributed by atoms with E-state index in [1.807, 2.05) is 74.5 Å². The Morgan fingerprint density at radius 1 is 0.939 bits per heavy atom. The highest BCUT2D eigenvalue weighted by atomic mass is 35.5. The number of fused-ring (bicyclic) bond motifs is 1. The summed E-state index contributed by atoms with van der Waals surface area (Å²) in [4.78, 5) is 17.2. The Hall–Kier alpha value is -3.83. The van der Waals surface area contributed by atoms with Crippen molar-refractivity contribution in [2.24, 2.45) is 0 Å². The second-order valence-electron chi connectivity index (χ2n) is 8.03. The molecule has 3 aromatic carbocycles. The molecule has 6 heteroatoms. The minimum atomic E-state index is -0.318. The number of hydrogen-bond acceptors (Lipinski definition) is 4. The number of rotatable bonds is 5. The van der Waals surface area contributed by atoms with Gasteiger partial charge in [0.25, 0.3) is 5.91 Å². The molecule has 5 aromatic rings. The van der Waals surface area contributed by atoms with E-state index in [0.717, 1.165) is 33.4 Å². The second kappa shape index (κ2) is 8.60. The lowest BCUT2D eigenvalue weighted by molar-refractivity contribution is 0.0997. The summed E-state index contributed by atoms with van der Waals surface area (Å²) in [6, 6.07) is 22.6. The molecular formula is C27H21ClN2O3. The Bertz CT molecular complexity index is 1460. The maximum Gasteiger partial charge on any atom is 0.291 e. The molecule has 164 valence electrons. The first-order valence-electron chi connectivity index (χ1n) is 10.6. The van der Waals surface area contributed by atoms with Gasteiger partial charge in [-0.1, -0.05) is 41.9 Å². The van der Waals surface area contributed by atoms with E-state index in [1.165, 1.54) is 0 Å². The molecule has 0 aliphatic heterocycles. The normalized spacial score (nSPS) is 11.1. The Morgan fingerprint density at radius 3 is 2.55 bits per heavy atom. The van der Waals surface area contributed by atoms with E-state index in [4.69, 9.17) is 20.4 Å². The van der Waals surface area contributed by atoms with Crippen molar-refractivity contribution in [1.82, 2.24) is 4.98 Å². The molecule has 5 rings (SSSR count). The number of carbonyl (C=O) groups is 1. The zero-order chi connectivity index (χ0) is 22.9. The van der Waals surface area contributed by atoms with Crippen LogP contribution in [-0.4, -0.2) is 10.9 Å². The van der Waals surface area contributed by atoms with E-state index in [9.17, 15) is 4.79 Å². The van der Waals surface area contributed by atoms with Crippen LogP contribution < -0.4 is 5.32 Å². The molecule has 1 N–H and O–H groups in total. The van der Waals surface area contributed by atoms with Crippen LogP contribution in [-0.2, 0) is 6.42 Å². The minimum absolute atomic E-state index is 0.229. The molecule has 0 saturated carbocycles. The van der Waals surface area contributed by atoms with Crippen molar-refractivity contribution < 1.29 is 13.6 Å². The summed E-state index contributed by atoms with van der Waals surface area (Å²) in [5, 5.41) is 3.52. The van der Waals surface area contributed by atoms with Gasteiger partial charge in [-0.25, -0.2) is 4.98 Å². The highest BCUT2D eigenvalue weighted by molar-refractivity contribution is 6.31. The molecule has 0 unspecified atom stereocenters. The van der Waals surface area contributed by atoms with Gasteiger partial charge >= 0.3 is 0 Å². The number of benzene rings is 3. The molecule has 0 fully saturated rings. The van der Waals surface area contributed by atoms with Crippen LogP contribution in [0.1, 0.15) is 33.1 Å². The van der Waals surface area contributed by atoms with E-state index in [2.05, 4.69) is 10.3 Å². The maximum atomic E-state index is 12.6. The molecule has 0 spiro atoms. The summed E-state index contributed by atoms with van der Waals surface area (Å²) in [5.41, 5.74) is 6.31. The largest absolute Gasteiger partial charge is 0.451 e. The summed E-state index contributed by atoms with van der Waals surface area (Å²) < 4.78 is 11.6. The summed E-state index contributed by atoms with van der Waals surface area (Å²) in [7, 11) is 0. The van der Waals surface area contributed by atoms with Crippen molar-refractivity contribution in [1.29, 1.82) is 0 Å². The van der Waals surface area contributed by atoms with Gasteiger partial charge < -0.3 is 14.2 Å². The van der Waals surface area contributed by atoms with Gasteiger partial charge in [-0.3, -0.25) is 4.79 Å². The lowest BCUT2D eigenvalue weighted by Gasteiger charge is -2.05. The van der Waals surface area contributed by atoms with Crippen LogP contribution in [0.2, 0.25) is 5.02 Å². The maximum absolute atomic E-state index is 12.6. The van der Waals surface area contributed by atoms with E-state index < -0.39 is 0 Å². The first-order chi connectivity index (χ1) is 15.9. The number of nitrogens with one attached hydrogen (secondary N) is 1. The Morgan fingerprint density at radius 2 is 1.76 bits per heavy atom. The van der Waals surface area contributed by atoms with Crippen molar-refractivity contribution in [3.05, 3.63) is 106 Å². The fourth-order valence-electron chi connectivity index (χ4n) is 3.60. The van der Waals surface area contributed by atoms with Crippen LogP contribution in [0.15, 0.2) is 81.6 Å². The third kappa shape index (κ3) is 4.54. The van der Waals surface area contributed by atoms with Crippen LogP contribution in [0.3, 0.4) is 0 Å². The van der Waals surface area contributed by atoms with Crippen LogP contribution in [0.25, 0.3) is 22.4 Å². The number of furan rings is 1. The molecular weight excluding hydrogens is 436 g/mol. The number of carbonyl (C=O) groups excluding carboxylic acids is 1. The number of hydrogen-bond donors (Lipinski definition) is 1. The monoisotopic (exact) mass is 456 g/mol. The average Bonchev–Trinajstić information content (AvgIpc) is 3.44. The highest BCUT2D eigenvalue weighted by Crippen LogP contribution is 2.27. The zero-order valence-corrected chi connectivity index (χ0v) is 18.9. The molecule has 0 aliphatic carbocycles. The van der Waals surface area contributed by atoms with Gasteiger partial charge in [-0.05, 0) is 73.0 Å². The summed E-state index contributed by atoms with van der Waals surface area (Å²) in [6.45, 7) is 3.97. The quantitative estimate of drug-likeness (QED) is 0.303. The molecule has 0 aliphatic rings. The summed E-state index contributed by atoms with van der Waals surface area (Å²) in [6.07, 6.45) is 0.572. The number of oxazole rings is 1. The van der Waals surface area contributed by atoms with Gasteiger partial charge in [0.1, 0.15) is 11.3 Å². The topological polar surface area (TPSA) is 68.3 Å². The van der Waals surface area contributed by atoms with Crippen LogP contribution in [0.4, 0.5) is 5.69 Å². The molecule has 0 atom stereocenters. The van der Waals surface area contributed by atoms with Crippen LogP contribution >= 0.6 is 11.6 Å². The summed E-state index contributed by atoms with van der Waals surface area (Å²) >= 11 is 6.20. The second-order valence-corrected chi connectivity index (χ2v) is 8.44. The van der Waals surface area contributed by atoms with Gasteiger partial charge in [0.05, 0.1) is 0 Å². The molecule has 33 heavy (non-hydrogen) atoms. The predicted molar refractivity (Wildman–Crippen MR) is 130 cm³/mol. The standard InChI is InChI=1S/C27H21ClN2O3/c1-16-3-10-24-22(13-16)30-26(33-24)14-18-5-8-20(9-6-18)29-27(31)25-12-11-23(32-25)19-7-4-17(2)21(28)15-19/h3-13,15H,14H2,1-2H3,(H,29,31). The first kappa shape index (κ1) is 21.0. The van der Waals surface area contributed by atoms with Crippen LogP contribution in [0.5, 0.6) is 0 Å². The van der Waals surface area contributed by atoms with Crippen molar-refractivity contribution >= 4 is 34.3 Å². The number of aryl methyl sites for hydroxylation is 2. The van der Waals surface area contributed by atoms with E-state index in [1.54, 1.807) is 12.1 Å². The summed E-state index contributed by atoms with van der Waals surface area (Å²) in [5.74, 6) is 1.16. The van der Waals surface area contributed by atoms with Crippen molar-refractivity contribution in [3.63, 3.8) is 0 Å². The van der Waals surface area contributed by atoms with E-state index in [-0.39, 0.29) is 11.7 Å². The van der Waals surface area contributed by atoms with Crippen molar-refractivity contribution in [2.45, 2.75) is 20.3 Å². The minimum Gasteiger partial charge on any atom is -0.451 e. The number of nitrogens with zero attached hydrogens (tertiary/aromatic N) is 1. The average molecular weight is 457 g/mol. The molecule has 0 radical (unpaired) electrons. The number of amides is 1. The fraction of sp³-hybridized carbons (Fsp3) is 0.111. The zero-order valence-electron chi connectivity index (χ0n) is 18.2. The SMILES string of the molecule is Cc1ccc2oc(Cc3ccc(NC(=O)c4ccc(-c5ccc(C)c(Cl)c5)o4)cc3)nc2c1. The number of halogens is 1. The smallest absolute Gasteiger partial charge is 0.291 e. The lowest BCUT2D eigenvalue weighted by Crippen LogP contribution is -2.10. The van der Waals surface area contributed by atoms with E-state index in [0.29, 0.717) is 28.8 Å². The third-order valence-electron chi connectivity index (χ3n) is 5.44. The van der Waals surface area contributed by atoms with Crippen molar-refractivity contribution in [2.75, 3.05) is 5.32 Å². The van der Waals surface area contributed by atoms with Gasteiger partial charge in [-0.2, -0.15) is 0 Å². The van der Waals surface area contributed by atoms with Gasteiger partial charge in [0, 0.05) is 22.7 Å². The lowest BCUT2D eigenvalue weighted by atomic mass is 10.1.